The molecule has 0 radical (unpaired) electrons. The van der Waals surface area contributed by atoms with Gasteiger partial charge in [-0.25, -0.2) is 9.59 Å². The molecule has 2 unspecified atom stereocenters. The Kier molecular flexibility index (Phi) is 6.60. The van der Waals surface area contributed by atoms with Gasteiger partial charge in [0.2, 0.25) is 5.78 Å². The Balaban J connectivity index is 1.30. The van der Waals surface area contributed by atoms with Crippen LogP contribution in [0.5, 0.6) is 11.5 Å². The van der Waals surface area contributed by atoms with Crippen molar-refractivity contribution < 1.29 is 33.7 Å². The quantitative estimate of drug-likeness (QED) is 0.335. The molecule has 9 nitrogen and oxygen atoms in total. The van der Waals surface area contributed by atoms with Crippen LogP contribution in [0.15, 0.2) is 36.4 Å². The van der Waals surface area contributed by atoms with Gasteiger partial charge in [-0.15, -0.1) is 0 Å². The van der Waals surface area contributed by atoms with Gasteiger partial charge in [0, 0.05) is 43.9 Å². The maximum atomic E-state index is 13.1. The number of benzene rings is 2. The van der Waals surface area contributed by atoms with Gasteiger partial charge in [0.25, 0.3) is 0 Å². The molecule has 2 atom stereocenters. The van der Waals surface area contributed by atoms with E-state index in [4.69, 9.17) is 14.2 Å². The maximum absolute atomic E-state index is 13.1. The molecule has 0 saturated carbocycles. The minimum Gasteiger partial charge on any atom is -0.508 e. The van der Waals surface area contributed by atoms with E-state index >= 15 is 0 Å². The predicted octanol–water partition coefficient (Wildman–Crippen LogP) is 3.11. The van der Waals surface area contributed by atoms with Gasteiger partial charge in [0.1, 0.15) is 17.0 Å². The van der Waals surface area contributed by atoms with Crippen LogP contribution in [0.3, 0.4) is 0 Å². The maximum Gasteiger partial charge on any atom is 0.339 e. The number of carbonyl (C=O) groups is 3. The Hall–Kier alpha value is -3.75. The summed E-state index contributed by atoms with van der Waals surface area (Å²) in [6, 6.07) is 10.2. The van der Waals surface area contributed by atoms with Gasteiger partial charge in [-0.1, -0.05) is 0 Å². The number of ether oxygens (including phenoxy) is 3. The number of likely N-dealkylation sites (N-methyl/N-ethyl adjacent to an activating group) is 2. The lowest BCUT2D eigenvalue weighted by atomic mass is 9.95. The second kappa shape index (κ2) is 9.37. The van der Waals surface area contributed by atoms with E-state index in [9.17, 15) is 19.5 Å². The lowest BCUT2D eigenvalue weighted by Crippen LogP contribution is -2.53. The number of aromatic hydroxyl groups is 1. The second-order valence-electron chi connectivity index (χ2n) is 9.52. The molecule has 9 heteroatoms. The number of nitrogens with zero attached hydrogens (tertiary/aromatic N) is 2. The van der Waals surface area contributed by atoms with E-state index in [2.05, 4.69) is 0 Å². The van der Waals surface area contributed by atoms with Crippen molar-refractivity contribution >= 4 is 29.1 Å². The van der Waals surface area contributed by atoms with Crippen molar-refractivity contribution in [1.29, 1.82) is 0 Å². The Morgan fingerprint density at radius 1 is 0.972 bits per heavy atom. The highest BCUT2D eigenvalue weighted by Crippen LogP contribution is 2.41. The number of rotatable bonds is 8. The van der Waals surface area contributed by atoms with Crippen LogP contribution in [-0.2, 0) is 25.5 Å². The lowest BCUT2D eigenvalue weighted by Gasteiger charge is -2.31. The van der Waals surface area contributed by atoms with E-state index in [0.717, 1.165) is 11.3 Å². The molecular weight excluding hydrogens is 464 g/mol. The molecule has 0 amide bonds. The summed E-state index contributed by atoms with van der Waals surface area (Å²) in [4.78, 5) is 41.9. The van der Waals surface area contributed by atoms with Crippen LogP contribution >= 0.6 is 0 Å². The van der Waals surface area contributed by atoms with Crippen LogP contribution in [0.25, 0.3) is 0 Å². The molecule has 4 rings (SSSR count). The molecule has 0 spiro atoms. The molecule has 0 aliphatic carbocycles. The second-order valence-corrected chi connectivity index (χ2v) is 9.52. The Labute approximate surface area is 210 Å². The van der Waals surface area contributed by atoms with Gasteiger partial charge in [-0.3, -0.25) is 4.79 Å². The van der Waals surface area contributed by atoms with Crippen molar-refractivity contribution in [3.8, 4) is 11.5 Å². The predicted molar refractivity (Wildman–Crippen MR) is 134 cm³/mol. The number of hydrogen-bond acceptors (Lipinski definition) is 9. The van der Waals surface area contributed by atoms with Crippen LogP contribution in [-0.4, -0.2) is 67.8 Å². The first-order valence-electron chi connectivity index (χ1n) is 12.0. The molecule has 36 heavy (non-hydrogen) atoms. The topological polar surface area (TPSA) is 106 Å². The molecule has 0 aromatic heterocycles. The van der Waals surface area contributed by atoms with Crippen LogP contribution in [0, 0.1) is 0 Å². The number of esters is 2. The number of Topliss-reactive ketones (excluding diaryl/α,β-unsaturated/α-hetero) is 1. The number of phenolic OH excluding ortho intramolecular Hbond substituents is 1. The van der Waals surface area contributed by atoms with Crippen LogP contribution in [0.2, 0.25) is 0 Å². The average Bonchev–Trinajstić information content (AvgIpc) is 3.22. The zero-order valence-corrected chi connectivity index (χ0v) is 21.3. The fraction of sp³-hybridized carbons (Fsp3) is 0.444. The first kappa shape index (κ1) is 25.3. The monoisotopic (exact) mass is 496 g/mol. The summed E-state index contributed by atoms with van der Waals surface area (Å²) in [5.41, 5.74) is 0.574. The Bertz CT molecular complexity index is 1210. The van der Waals surface area contributed by atoms with Crippen LogP contribution < -0.4 is 14.5 Å². The smallest absolute Gasteiger partial charge is 0.339 e. The summed E-state index contributed by atoms with van der Waals surface area (Å²) >= 11 is 0. The van der Waals surface area contributed by atoms with Crippen molar-refractivity contribution in [3.63, 3.8) is 0 Å². The molecule has 2 heterocycles. The van der Waals surface area contributed by atoms with Gasteiger partial charge < -0.3 is 29.1 Å². The summed E-state index contributed by atoms with van der Waals surface area (Å²) in [7, 11) is 3.53. The van der Waals surface area contributed by atoms with Crippen molar-refractivity contribution in [2.45, 2.75) is 44.7 Å². The van der Waals surface area contributed by atoms with Crippen molar-refractivity contribution in [2.24, 2.45) is 0 Å². The van der Waals surface area contributed by atoms with Gasteiger partial charge >= 0.3 is 11.9 Å². The first-order chi connectivity index (χ1) is 17.0. The summed E-state index contributed by atoms with van der Waals surface area (Å²) in [5.74, 6) is -0.597. The van der Waals surface area contributed by atoms with Gasteiger partial charge in [-0.2, -0.15) is 0 Å². The molecule has 1 N–H and O–H groups in total. The fourth-order valence-electron chi connectivity index (χ4n) is 4.81. The van der Waals surface area contributed by atoms with Crippen molar-refractivity contribution in [3.05, 3.63) is 47.5 Å². The van der Waals surface area contributed by atoms with E-state index in [0.29, 0.717) is 29.8 Å². The Morgan fingerprint density at radius 3 is 2.42 bits per heavy atom. The van der Waals surface area contributed by atoms with E-state index in [1.54, 1.807) is 62.2 Å². The summed E-state index contributed by atoms with van der Waals surface area (Å²) in [6.07, 6.45) is 0.912. The highest BCUT2D eigenvalue weighted by molar-refractivity contribution is 6.24. The van der Waals surface area contributed by atoms with E-state index in [1.165, 1.54) is 0 Å². The lowest BCUT2D eigenvalue weighted by molar-refractivity contribution is -0.149. The van der Waals surface area contributed by atoms with E-state index in [1.807, 2.05) is 18.9 Å². The standard InChI is InChI=1S/C27H32N2O7/c1-6-34-25(33)27(3)23(31)20-15-19(9-11-22(20)29(27)5)35-12-7-13-36-24(32)26(2)16-17-14-18(30)8-10-21(17)28(26)4/h8-11,14-15,30H,6-7,12-13,16H2,1-5H3. The SMILES string of the molecule is CCOC(=O)C1(C)C(=O)c2cc(OCCCOC(=O)C3(C)Cc4cc(O)ccc4N3C)ccc2N1C. The average molecular weight is 497 g/mol. The number of carbonyl (C=O) groups excluding carboxylic acids is 3. The molecule has 0 fully saturated rings. The molecule has 2 aliphatic rings. The highest BCUT2D eigenvalue weighted by Gasteiger charge is 2.53. The summed E-state index contributed by atoms with van der Waals surface area (Å²) < 4.78 is 16.5. The number of phenols is 1. The number of anilines is 2. The zero-order chi connectivity index (χ0) is 26.3. The van der Waals surface area contributed by atoms with Gasteiger partial charge in [0.05, 0.1) is 19.8 Å². The van der Waals surface area contributed by atoms with E-state index < -0.39 is 17.0 Å². The fourth-order valence-corrected chi connectivity index (χ4v) is 4.81. The molecule has 2 aromatic carbocycles. The summed E-state index contributed by atoms with van der Waals surface area (Å²) in [5, 5.41) is 9.75. The third-order valence-corrected chi connectivity index (χ3v) is 7.29. The molecular formula is C27H32N2O7. The number of fused-ring (bicyclic) bond motifs is 2. The molecule has 2 aromatic rings. The first-order valence-corrected chi connectivity index (χ1v) is 12.0. The van der Waals surface area contributed by atoms with Gasteiger partial charge in [0.15, 0.2) is 5.54 Å². The normalized spacial score (nSPS) is 22.3. The minimum absolute atomic E-state index is 0.169. The summed E-state index contributed by atoms with van der Waals surface area (Å²) in [6.45, 7) is 5.74. The number of ketones is 1. The zero-order valence-electron chi connectivity index (χ0n) is 21.3. The highest BCUT2D eigenvalue weighted by atomic mass is 16.5. The van der Waals surface area contributed by atoms with Crippen LogP contribution in [0.4, 0.5) is 11.4 Å². The molecule has 2 aliphatic heterocycles. The Morgan fingerprint density at radius 2 is 1.69 bits per heavy atom. The van der Waals surface area contributed by atoms with Crippen LogP contribution in [0.1, 0.15) is 43.1 Å². The van der Waals surface area contributed by atoms with Gasteiger partial charge in [-0.05, 0) is 62.7 Å². The van der Waals surface area contributed by atoms with Crippen molar-refractivity contribution in [2.75, 3.05) is 43.7 Å². The van der Waals surface area contributed by atoms with E-state index in [-0.39, 0.29) is 37.3 Å². The third-order valence-electron chi connectivity index (χ3n) is 7.29. The third kappa shape index (κ3) is 4.02. The van der Waals surface area contributed by atoms with Crippen molar-refractivity contribution in [1.82, 2.24) is 0 Å². The largest absolute Gasteiger partial charge is 0.508 e. The molecule has 0 bridgehead atoms. The molecule has 192 valence electrons. The minimum atomic E-state index is -1.41. The number of hydrogen-bond donors (Lipinski definition) is 1. The molecule has 0 saturated heterocycles.